The van der Waals surface area contributed by atoms with E-state index in [0.717, 1.165) is 0 Å². The third-order valence-electron chi connectivity index (χ3n) is 4.93. The van der Waals surface area contributed by atoms with Gasteiger partial charge in [0.05, 0.1) is 24.3 Å². The maximum atomic E-state index is 13.5. The maximum Gasteiger partial charge on any atom is 0.433 e. The summed E-state index contributed by atoms with van der Waals surface area (Å²) in [5.74, 6) is -1.84. The summed E-state index contributed by atoms with van der Waals surface area (Å²) in [6.07, 6.45) is -5.61. The number of hydroxylamine groups is 1. The third kappa shape index (κ3) is 7.26. The minimum atomic E-state index is -4.94. The highest BCUT2D eigenvalue weighted by atomic mass is 32.2. The van der Waals surface area contributed by atoms with E-state index in [0.29, 0.717) is 11.6 Å². The zero-order chi connectivity index (χ0) is 27.2. The molecule has 0 aliphatic rings. The van der Waals surface area contributed by atoms with Crippen LogP contribution in [0.15, 0.2) is 66.3 Å². The molecule has 0 bridgehead atoms. The van der Waals surface area contributed by atoms with E-state index in [1.807, 2.05) is 0 Å². The molecule has 0 aliphatic carbocycles. The fourth-order valence-electron chi connectivity index (χ4n) is 3.08. The van der Waals surface area contributed by atoms with Crippen molar-refractivity contribution < 1.29 is 40.3 Å². The van der Waals surface area contributed by atoms with Gasteiger partial charge in [-0.25, -0.2) is 33.1 Å². The van der Waals surface area contributed by atoms with Crippen molar-refractivity contribution in [2.75, 3.05) is 12.9 Å². The van der Waals surface area contributed by atoms with Gasteiger partial charge in [0.2, 0.25) is 15.0 Å². The van der Waals surface area contributed by atoms with Crippen LogP contribution in [0.2, 0.25) is 0 Å². The number of carbonyl (C=O) groups is 1. The smallest absolute Gasteiger partial charge is 0.433 e. The molecule has 0 fully saturated rings. The Morgan fingerprint density at radius 3 is 2.41 bits per heavy atom. The molecule has 0 saturated carbocycles. The zero-order valence-electron chi connectivity index (χ0n) is 19.4. The van der Waals surface area contributed by atoms with Crippen LogP contribution < -0.4 is 10.2 Å². The molecule has 0 radical (unpaired) electrons. The van der Waals surface area contributed by atoms with Crippen molar-refractivity contribution in [1.82, 2.24) is 15.4 Å². The average molecular weight is 540 g/mol. The molecule has 0 amide bonds. The third-order valence-corrected chi connectivity index (χ3v) is 6.50. The summed E-state index contributed by atoms with van der Waals surface area (Å²) in [5, 5.41) is -1.03. The summed E-state index contributed by atoms with van der Waals surface area (Å²) in [4.78, 5) is 23.9. The van der Waals surface area contributed by atoms with Crippen LogP contribution in [0.5, 0.6) is 5.75 Å². The van der Waals surface area contributed by atoms with E-state index < -0.39 is 44.4 Å². The monoisotopic (exact) mass is 539 g/mol. The van der Waals surface area contributed by atoms with Gasteiger partial charge in [-0.15, -0.1) is 0 Å². The lowest BCUT2D eigenvalue weighted by Crippen LogP contribution is -2.20. The number of methoxy groups -OCH3 is 1. The molecule has 1 heterocycles. The molecule has 1 aromatic heterocycles. The number of rotatable bonds is 10. The molecule has 0 saturated heterocycles. The predicted molar refractivity (Wildman–Crippen MR) is 125 cm³/mol. The van der Waals surface area contributed by atoms with Gasteiger partial charge in [-0.3, -0.25) is 0 Å². The van der Waals surface area contributed by atoms with Crippen LogP contribution in [0, 0.1) is 5.82 Å². The van der Waals surface area contributed by atoms with Crippen LogP contribution in [0.1, 0.15) is 24.1 Å². The molecule has 3 aromatic rings. The van der Waals surface area contributed by atoms with E-state index in [-0.39, 0.29) is 35.5 Å². The highest BCUT2D eigenvalue weighted by Gasteiger charge is 2.35. The minimum Gasteiger partial charge on any atom is -0.496 e. The van der Waals surface area contributed by atoms with Crippen molar-refractivity contribution in [2.45, 2.75) is 24.2 Å². The fourth-order valence-corrected chi connectivity index (χ4v) is 4.26. The molecular formula is C24H21F4N3O5S. The first-order valence-corrected chi connectivity index (χ1v) is 12.3. The molecule has 0 spiro atoms. The van der Waals surface area contributed by atoms with Gasteiger partial charge in [0, 0.05) is 17.5 Å². The van der Waals surface area contributed by atoms with E-state index >= 15 is 0 Å². The first kappa shape index (κ1) is 27.6. The van der Waals surface area contributed by atoms with E-state index in [2.05, 4.69) is 22.0 Å². The highest BCUT2D eigenvalue weighted by Crippen LogP contribution is 2.34. The number of aromatic nitrogens is 2. The molecule has 3 rings (SSSR count). The van der Waals surface area contributed by atoms with Crippen LogP contribution in [-0.4, -0.2) is 37.2 Å². The highest BCUT2D eigenvalue weighted by molar-refractivity contribution is 7.91. The molecule has 2 aromatic carbocycles. The quantitative estimate of drug-likeness (QED) is 0.227. The van der Waals surface area contributed by atoms with Crippen LogP contribution >= 0.6 is 0 Å². The summed E-state index contributed by atoms with van der Waals surface area (Å²) in [6, 6.07) is 11.9. The van der Waals surface area contributed by atoms with Gasteiger partial charge in [0.1, 0.15) is 17.3 Å². The van der Waals surface area contributed by atoms with Crippen molar-refractivity contribution in [3.8, 4) is 17.0 Å². The van der Waals surface area contributed by atoms with E-state index in [9.17, 15) is 30.8 Å². The molecule has 37 heavy (non-hydrogen) atoms. The number of alkyl halides is 3. The Kier molecular flexibility index (Phi) is 8.48. The lowest BCUT2D eigenvalue weighted by atomic mass is 10.1. The number of benzene rings is 2. The van der Waals surface area contributed by atoms with E-state index in [4.69, 9.17) is 9.57 Å². The number of hydrogen-bond acceptors (Lipinski definition) is 8. The molecular weight excluding hydrogens is 518 g/mol. The molecule has 13 heteroatoms. The van der Waals surface area contributed by atoms with Crippen molar-refractivity contribution >= 4 is 21.5 Å². The topological polar surface area (TPSA) is 107 Å². The number of para-hydroxylation sites is 1. The Morgan fingerprint density at radius 2 is 1.76 bits per heavy atom. The Morgan fingerprint density at radius 1 is 1.08 bits per heavy atom. The Bertz CT molecular complexity index is 1390. The fraction of sp³-hybridized carbons (Fsp3) is 0.208. The molecule has 0 atom stereocenters. The second-order valence-electron chi connectivity index (χ2n) is 7.60. The summed E-state index contributed by atoms with van der Waals surface area (Å²) < 4.78 is 84.1. The van der Waals surface area contributed by atoms with Crippen molar-refractivity contribution in [3.05, 3.63) is 78.3 Å². The van der Waals surface area contributed by atoms with Crippen LogP contribution in [-0.2, 0) is 25.6 Å². The van der Waals surface area contributed by atoms with Gasteiger partial charge in [0.25, 0.3) is 0 Å². The van der Waals surface area contributed by atoms with Crippen LogP contribution in [0.3, 0.4) is 0 Å². The van der Waals surface area contributed by atoms with E-state index in [1.165, 1.54) is 49.6 Å². The second-order valence-corrected chi connectivity index (χ2v) is 9.61. The Labute approximate surface area is 209 Å². The van der Waals surface area contributed by atoms with Crippen LogP contribution in [0.25, 0.3) is 17.0 Å². The summed E-state index contributed by atoms with van der Waals surface area (Å²) >= 11 is 0. The number of hydrogen-bond donors (Lipinski definition) is 1. The molecule has 8 nitrogen and oxygen atoms in total. The van der Waals surface area contributed by atoms with Crippen molar-refractivity contribution in [3.63, 3.8) is 0 Å². The average Bonchev–Trinajstić information content (AvgIpc) is 2.86. The largest absolute Gasteiger partial charge is 0.496 e. The minimum absolute atomic E-state index is 0.144. The van der Waals surface area contributed by atoms with Gasteiger partial charge in [-0.1, -0.05) is 18.7 Å². The van der Waals surface area contributed by atoms with Gasteiger partial charge in [-0.2, -0.15) is 13.2 Å². The maximum absolute atomic E-state index is 13.5. The van der Waals surface area contributed by atoms with Gasteiger partial charge in [0.15, 0.2) is 0 Å². The molecule has 0 unspecified atom stereocenters. The standard InChI is InChI=1S/C24H21F4N3O5S/c1-15(16-9-11-17(25)12-10-16)31-36-22(32)8-5-13-37(33,34)23-29-19(14-21(30-23)24(26,27)28)18-6-3-4-7-20(18)35-2/h3-4,6-7,9-12,14,31H,1,5,8,13H2,2H3. The molecule has 196 valence electrons. The Hall–Kier alpha value is -4.00. The Balaban J connectivity index is 1.70. The summed E-state index contributed by atoms with van der Waals surface area (Å²) in [7, 11) is -3.10. The number of nitrogens with one attached hydrogen (secondary N) is 1. The second kappa shape index (κ2) is 11.4. The number of nitrogens with zero attached hydrogens (tertiary/aromatic N) is 2. The van der Waals surface area contributed by atoms with Gasteiger partial charge in [-0.05, 0) is 48.9 Å². The number of carbonyl (C=O) groups excluding carboxylic acids is 1. The summed E-state index contributed by atoms with van der Waals surface area (Å²) in [6.45, 7) is 3.64. The molecule has 1 N–H and O–H groups in total. The predicted octanol–water partition coefficient (Wildman–Crippen LogP) is 4.58. The van der Waals surface area contributed by atoms with Crippen molar-refractivity contribution in [1.29, 1.82) is 0 Å². The lowest BCUT2D eigenvalue weighted by Gasteiger charge is -2.13. The lowest BCUT2D eigenvalue weighted by molar-refractivity contribution is -0.148. The summed E-state index contributed by atoms with van der Waals surface area (Å²) in [5.41, 5.74) is 1.30. The zero-order valence-corrected chi connectivity index (χ0v) is 20.2. The first-order chi connectivity index (χ1) is 17.4. The van der Waals surface area contributed by atoms with Crippen molar-refractivity contribution in [2.24, 2.45) is 0 Å². The van der Waals surface area contributed by atoms with Crippen LogP contribution in [0.4, 0.5) is 17.6 Å². The normalized spacial score (nSPS) is 11.6. The number of ether oxygens (including phenoxy) is 1. The number of halogens is 4. The number of sulfone groups is 1. The first-order valence-electron chi connectivity index (χ1n) is 10.6. The van der Waals surface area contributed by atoms with Gasteiger partial charge < -0.3 is 9.57 Å². The van der Waals surface area contributed by atoms with E-state index in [1.54, 1.807) is 6.07 Å². The van der Waals surface area contributed by atoms with Gasteiger partial charge >= 0.3 is 12.1 Å². The SMILES string of the molecule is C=C(NOC(=O)CCCS(=O)(=O)c1nc(-c2ccccc2OC)cc(C(F)(F)F)n1)c1ccc(F)cc1. The molecule has 0 aliphatic heterocycles.